The van der Waals surface area contributed by atoms with Crippen molar-refractivity contribution in [3.63, 3.8) is 0 Å². The van der Waals surface area contributed by atoms with Crippen LogP contribution in [0.2, 0.25) is 0 Å². The Morgan fingerprint density at radius 1 is 0.895 bits per heavy atom. The number of hydrogen-bond donors (Lipinski definition) is 1. The molecule has 1 N–H and O–H groups in total. The summed E-state index contributed by atoms with van der Waals surface area (Å²) >= 11 is 0. The van der Waals surface area contributed by atoms with Crippen molar-refractivity contribution in [2.24, 2.45) is 5.41 Å². The van der Waals surface area contributed by atoms with Gasteiger partial charge in [-0.3, -0.25) is 0 Å². The number of hydrogen-bond acceptors (Lipinski definition) is 2. The van der Waals surface area contributed by atoms with Crippen LogP contribution in [0.15, 0.2) is 0 Å². The predicted molar refractivity (Wildman–Crippen MR) is 79.3 cm³/mol. The van der Waals surface area contributed by atoms with Gasteiger partial charge in [0.15, 0.2) is 0 Å². The third kappa shape index (κ3) is 3.33. The van der Waals surface area contributed by atoms with Gasteiger partial charge in [0.1, 0.15) is 0 Å². The van der Waals surface area contributed by atoms with Crippen LogP contribution in [-0.2, 0) is 4.74 Å². The van der Waals surface area contributed by atoms with Crippen LogP contribution in [0.1, 0.15) is 78.1 Å². The summed E-state index contributed by atoms with van der Waals surface area (Å²) in [5, 5.41) is 3.96. The summed E-state index contributed by atoms with van der Waals surface area (Å²) in [6.45, 7) is 5.82. The van der Waals surface area contributed by atoms with Crippen molar-refractivity contribution in [3.05, 3.63) is 0 Å². The van der Waals surface area contributed by atoms with Gasteiger partial charge in [0.05, 0.1) is 5.60 Å². The van der Waals surface area contributed by atoms with E-state index in [-0.39, 0.29) is 5.60 Å². The highest BCUT2D eigenvalue weighted by Crippen LogP contribution is 2.40. The molecule has 2 saturated carbocycles. The lowest BCUT2D eigenvalue weighted by Gasteiger charge is -2.44. The Kier molecular flexibility index (Phi) is 3.92. The van der Waals surface area contributed by atoms with Gasteiger partial charge in [-0.2, -0.15) is 0 Å². The van der Waals surface area contributed by atoms with E-state index in [0.29, 0.717) is 11.5 Å². The molecular weight excluding hydrogens is 234 g/mol. The molecule has 0 radical (unpaired) electrons. The Balaban J connectivity index is 1.54. The van der Waals surface area contributed by atoms with Gasteiger partial charge in [-0.15, -0.1) is 0 Å². The molecule has 3 fully saturated rings. The summed E-state index contributed by atoms with van der Waals surface area (Å²) in [6.07, 6.45) is 13.4. The molecule has 2 unspecified atom stereocenters. The van der Waals surface area contributed by atoms with Crippen molar-refractivity contribution in [1.82, 2.24) is 5.32 Å². The van der Waals surface area contributed by atoms with E-state index in [2.05, 4.69) is 19.2 Å². The average molecular weight is 265 g/mol. The molecule has 3 rings (SSSR count). The molecule has 1 heterocycles. The van der Waals surface area contributed by atoms with Crippen LogP contribution >= 0.6 is 0 Å². The van der Waals surface area contributed by atoms with E-state index in [4.69, 9.17) is 4.74 Å². The van der Waals surface area contributed by atoms with Crippen molar-refractivity contribution >= 4 is 0 Å². The van der Waals surface area contributed by atoms with Gasteiger partial charge in [0.25, 0.3) is 0 Å². The molecule has 1 saturated heterocycles. The number of nitrogens with one attached hydrogen (secondary N) is 1. The molecule has 0 aromatic heterocycles. The van der Waals surface area contributed by atoms with Crippen molar-refractivity contribution in [2.75, 3.05) is 6.61 Å². The van der Waals surface area contributed by atoms with E-state index in [9.17, 15) is 0 Å². The van der Waals surface area contributed by atoms with Gasteiger partial charge >= 0.3 is 0 Å². The number of rotatable bonds is 2. The molecule has 110 valence electrons. The second-order valence-corrected chi connectivity index (χ2v) is 8.05. The topological polar surface area (TPSA) is 21.3 Å². The monoisotopic (exact) mass is 265 g/mol. The maximum Gasteiger partial charge on any atom is 0.0697 e. The Bertz CT molecular complexity index is 301. The normalized spacial score (nSPS) is 37.6. The number of ether oxygens (including phenoxy) is 1. The summed E-state index contributed by atoms with van der Waals surface area (Å²) in [7, 11) is 0. The zero-order chi connectivity index (χ0) is 13.3. The minimum absolute atomic E-state index is 0.252. The van der Waals surface area contributed by atoms with Gasteiger partial charge < -0.3 is 10.1 Å². The fourth-order valence-corrected chi connectivity index (χ4v) is 4.63. The van der Waals surface area contributed by atoms with Crippen LogP contribution in [0.25, 0.3) is 0 Å². The first-order valence-electron chi connectivity index (χ1n) is 8.47. The molecule has 2 nitrogen and oxygen atoms in total. The molecule has 19 heavy (non-hydrogen) atoms. The third-order valence-corrected chi connectivity index (χ3v) is 5.70. The smallest absolute Gasteiger partial charge is 0.0697 e. The SMILES string of the molecule is CC1(C)CCC(NC2CCOC3(CCCCC3)C2)C1. The standard InChI is InChI=1S/C17H31NO/c1-16(2)10-6-14(12-16)18-15-7-11-19-17(13-15)8-4-3-5-9-17/h14-15,18H,3-13H2,1-2H3. The maximum absolute atomic E-state index is 6.20. The highest BCUT2D eigenvalue weighted by molar-refractivity contribution is 4.95. The van der Waals surface area contributed by atoms with Gasteiger partial charge in [-0.1, -0.05) is 33.1 Å². The molecule has 0 aromatic carbocycles. The lowest BCUT2D eigenvalue weighted by molar-refractivity contribution is -0.110. The summed E-state index contributed by atoms with van der Waals surface area (Å²) < 4.78 is 6.20. The van der Waals surface area contributed by atoms with Gasteiger partial charge in [0, 0.05) is 18.7 Å². The molecule has 2 heteroatoms. The first-order chi connectivity index (χ1) is 9.07. The maximum atomic E-state index is 6.20. The van der Waals surface area contributed by atoms with Crippen molar-refractivity contribution in [3.8, 4) is 0 Å². The van der Waals surface area contributed by atoms with Crippen molar-refractivity contribution in [1.29, 1.82) is 0 Å². The van der Waals surface area contributed by atoms with Crippen LogP contribution < -0.4 is 5.32 Å². The van der Waals surface area contributed by atoms with E-state index in [1.165, 1.54) is 64.2 Å². The molecule has 0 bridgehead atoms. The van der Waals surface area contributed by atoms with E-state index >= 15 is 0 Å². The predicted octanol–water partition coefficient (Wildman–Crippen LogP) is 4.04. The molecule has 2 atom stereocenters. The quantitative estimate of drug-likeness (QED) is 0.813. The summed E-state index contributed by atoms with van der Waals surface area (Å²) in [4.78, 5) is 0. The van der Waals surface area contributed by atoms with E-state index in [1.54, 1.807) is 0 Å². The Morgan fingerprint density at radius 3 is 2.32 bits per heavy atom. The van der Waals surface area contributed by atoms with Crippen LogP contribution in [-0.4, -0.2) is 24.3 Å². The molecule has 0 aromatic rings. The minimum atomic E-state index is 0.252. The summed E-state index contributed by atoms with van der Waals surface area (Å²) in [5.41, 5.74) is 0.813. The first-order valence-corrected chi connectivity index (χ1v) is 8.47. The Labute approximate surface area is 118 Å². The van der Waals surface area contributed by atoms with Crippen LogP contribution in [0.3, 0.4) is 0 Å². The lowest BCUT2D eigenvalue weighted by Crippen LogP contribution is -2.50. The zero-order valence-electron chi connectivity index (χ0n) is 12.8. The van der Waals surface area contributed by atoms with E-state index < -0.39 is 0 Å². The van der Waals surface area contributed by atoms with Crippen LogP contribution in [0.4, 0.5) is 0 Å². The molecular formula is C17H31NO. The highest BCUT2D eigenvalue weighted by atomic mass is 16.5. The molecule has 1 aliphatic heterocycles. The van der Waals surface area contributed by atoms with Gasteiger partial charge in [-0.25, -0.2) is 0 Å². The zero-order valence-corrected chi connectivity index (χ0v) is 12.8. The fourth-order valence-electron chi connectivity index (χ4n) is 4.63. The Morgan fingerprint density at radius 2 is 1.63 bits per heavy atom. The average Bonchev–Trinajstić information content (AvgIpc) is 2.70. The van der Waals surface area contributed by atoms with Crippen molar-refractivity contribution in [2.45, 2.75) is 95.7 Å². The van der Waals surface area contributed by atoms with Crippen molar-refractivity contribution < 1.29 is 4.74 Å². The fraction of sp³-hybridized carbons (Fsp3) is 1.00. The molecule has 0 amide bonds. The lowest BCUT2D eigenvalue weighted by atomic mass is 9.78. The second-order valence-electron chi connectivity index (χ2n) is 8.05. The second kappa shape index (κ2) is 5.37. The van der Waals surface area contributed by atoms with Crippen LogP contribution in [0, 0.1) is 5.41 Å². The molecule has 2 aliphatic carbocycles. The largest absolute Gasteiger partial charge is 0.375 e. The summed E-state index contributed by atoms with van der Waals surface area (Å²) in [5.74, 6) is 0. The first kappa shape index (κ1) is 13.9. The van der Waals surface area contributed by atoms with Gasteiger partial charge in [0.2, 0.25) is 0 Å². The highest BCUT2D eigenvalue weighted by Gasteiger charge is 2.40. The van der Waals surface area contributed by atoms with E-state index in [1.807, 2.05) is 0 Å². The Hall–Kier alpha value is -0.0800. The molecule has 3 aliphatic rings. The molecule has 1 spiro atoms. The van der Waals surface area contributed by atoms with Crippen LogP contribution in [0.5, 0.6) is 0 Å². The summed E-state index contributed by atoms with van der Waals surface area (Å²) in [6, 6.07) is 1.48. The third-order valence-electron chi connectivity index (χ3n) is 5.70. The minimum Gasteiger partial charge on any atom is -0.375 e. The van der Waals surface area contributed by atoms with E-state index in [0.717, 1.165) is 12.6 Å². The van der Waals surface area contributed by atoms with Gasteiger partial charge in [-0.05, 0) is 50.4 Å².